The Labute approximate surface area is 81.6 Å². The number of aryl methyl sites for hydroxylation is 1. The molecule has 0 fully saturated rings. The molecule has 0 aliphatic heterocycles. The lowest BCUT2D eigenvalue weighted by Gasteiger charge is -1.99. The summed E-state index contributed by atoms with van der Waals surface area (Å²) >= 11 is 5.63. The van der Waals surface area contributed by atoms with Crippen LogP contribution in [0, 0.1) is 6.92 Å². The van der Waals surface area contributed by atoms with Gasteiger partial charge in [0.2, 0.25) is 0 Å². The van der Waals surface area contributed by atoms with Gasteiger partial charge in [-0.25, -0.2) is 9.97 Å². The lowest BCUT2D eigenvalue weighted by atomic mass is 10.2. The molecule has 0 atom stereocenters. The van der Waals surface area contributed by atoms with Crippen LogP contribution in [0.4, 0.5) is 0 Å². The smallest absolute Gasteiger partial charge is 0.143 e. The summed E-state index contributed by atoms with van der Waals surface area (Å²) < 4.78 is 0. The highest BCUT2D eigenvalue weighted by atomic mass is 35.5. The second kappa shape index (κ2) is 3.30. The Morgan fingerprint density at radius 3 is 3.00 bits per heavy atom. The van der Waals surface area contributed by atoms with Gasteiger partial charge in [0, 0.05) is 11.6 Å². The van der Waals surface area contributed by atoms with Crippen molar-refractivity contribution in [2.24, 2.45) is 0 Å². The zero-order valence-electron chi connectivity index (χ0n) is 7.29. The summed E-state index contributed by atoms with van der Waals surface area (Å²) in [6.45, 7) is 2.05. The quantitative estimate of drug-likeness (QED) is 0.650. The van der Waals surface area contributed by atoms with Crippen LogP contribution in [0.1, 0.15) is 11.4 Å². The Balaban J connectivity index is 2.66. The number of halogens is 1. The van der Waals surface area contributed by atoms with Gasteiger partial charge < -0.3 is 0 Å². The van der Waals surface area contributed by atoms with Crippen molar-refractivity contribution in [1.29, 1.82) is 0 Å². The van der Waals surface area contributed by atoms with E-state index in [-0.39, 0.29) is 0 Å². The summed E-state index contributed by atoms with van der Waals surface area (Å²) in [6.07, 6.45) is 1.81. The molecule has 0 aliphatic rings. The third-order valence-corrected chi connectivity index (χ3v) is 2.14. The van der Waals surface area contributed by atoms with Gasteiger partial charge in [-0.3, -0.25) is 0 Å². The summed E-state index contributed by atoms with van der Waals surface area (Å²) in [7, 11) is 0. The van der Waals surface area contributed by atoms with Crippen LogP contribution in [-0.4, -0.2) is 9.97 Å². The first kappa shape index (κ1) is 8.45. The largest absolute Gasteiger partial charge is 0.239 e. The van der Waals surface area contributed by atoms with Gasteiger partial charge in [-0.05, 0) is 19.1 Å². The maximum atomic E-state index is 5.63. The molecule has 3 heteroatoms. The Morgan fingerprint density at radius 2 is 2.23 bits per heavy atom. The van der Waals surface area contributed by atoms with Crippen molar-refractivity contribution in [2.45, 2.75) is 12.8 Å². The maximum Gasteiger partial charge on any atom is 0.143 e. The highest BCUT2D eigenvalue weighted by Crippen LogP contribution is 2.13. The van der Waals surface area contributed by atoms with Crippen molar-refractivity contribution < 1.29 is 0 Å². The van der Waals surface area contributed by atoms with Gasteiger partial charge in [0.1, 0.15) is 5.82 Å². The molecule has 0 bridgehead atoms. The van der Waals surface area contributed by atoms with Crippen molar-refractivity contribution >= 4 is 22.5 Å². The third-order valence-electron chi connectivity index (χ3n) is 1.90. The van der Waals surface area contributed by atoms with E-state index in [2.05, 4.69) is 23.0 Å². The van der Waals surface area contributed by atoms with Gasteiger partial charge in [-0.2, -0.15) is 0 Å². The van der Waals surface area contributed by atoms with Crippen LogP contribution in [0.25, 0.3) is 10.9 Å². The molecule has 1 heterocycles. The molecule has 2 aromatic rings. The van der Waals surface area contributed by atoms with E-state index in [0.717, 1.165) is 10.9 Å². The lowest BCUT2D eigenvalue weighted by molar-refractivity contribution is 1.06. The Bertz CT molecular complexity index is 440. The third kappa shape index (κ3) is 1.63. The normalized spacial score (nSPS) is 10.6. The van der Waals surface area contributed by atoms with Crippen LogP contribution in [0.2, 0.25) is 0 Å². The van der Waals surface area contributed by atoms with E-state index in [1.807, 2.05) is 18.3 Å². The van der Waals surface area contributed by atoms with Crippen LogP contribution in [0.15, 0.2) is 24.4 Å². The molecule has 2 nitrogen and oxygen atoms in total. The van der Waals surface area contributed by atoms with Gasteiger partial charge in [-0.15, -0.1) is 11.6 Å². The molecule has 2 rings (SSSR count). The first-order valence-corrected chi connectivity index (χ1v) is 4.61. The van der Waals surface area contributed by atoms with Crippen LogP contribution in [0.3, 0.4) is 0 Å². The van der Waals surface area contributed by atoms with E-state index in [1.54, 1.807) is 0 Å². The average Bonchev–Trinajstić information content (AvgIpc) is 2.17. The molecule has 0 aliphatic carbocycles. The molecule has 0 saturated carbocycles. The number of hydrogen-bond acceptors (Lipinski definition) is 2. The van der Waals surface area contributed by atoms with Crippen molar-refractivity contribution in [2.75, 3.05) is 0 Å². The standard InChI is InChI=1S/C10H9ClN2/c1-7-2-3-9-8(4-7)6-12-10(5-11)13-9/h2-4,6H,5H2,1H3. The fourth-order valence-corrected chi connectivity index (χ4v) is 1.38. The number of nitrogens with zero attached hydrogens (tertiary/aromatic N) is 2. The SMILES string of the molecule is Cc1ccc2nc(CCl)ncc2c1. The first-order valence-electron chi connectivity index (χ1n) is 4.08. The summed E-state index contributed by atoms with van der Waals surface area (Å²) in [5.41, 5.74) is 2.17. The van der Waals surface area contributed by atoms with Gasteiger partial charge in [-0.1, -0.05) is 11.6 Å². The van der Waals surface area contributed by atoms with Crippen molar-refractivity contribution in [3.63, 3.8) is 0 Å². The predicted octanol–water partition coefficient (Wildman–Crippen LogP) is 2.68. The molecule has 0 unspecified atom stereocenters. The predicted molar refractivity (Wildman–Crippen MR) is 53.8 cm³/mol. The summed E-state index contributed by atoms with van der Waals surface area (Å²) in [5, 5.41) is 1.06. The Kier molecular flexibility index (Phi) is 2.15. The minimum atomic E-state index is 0.365. The Hall–Kier alpha value is -1.15. The number of benzene rings is 1. The van der Waals surface area contributed by atoms with Gasteiger partial charge in [0.25, 0.3) is 0 Å². The molecule has 0 spiro atoms. The maximum absolute atomic E-state index is 5.63. The molecule has 0 amide bonds. The second-order valence-electron chi connectivity index (χ2n) is 2.98. The van der Waals surface area contributed by atoms with Crippen LogP contribution < -0.4 is 0 Å². The number of hydrogen-bond donors (Lipinski definition) is 0. The fourth-order valence-electron chi connectivity index (χ4n) is 1.26. The molecule has 1 aromatic heterocycles. The van der Waals surface area contributed by atoms with E-state index < -0.39 is 0 Å². The minimum Gasteiger partial charge on any atom is -0.239 e. The molecular weight excluding hydrogens is 184 g/mol. The molecule has 66 valence electrons. The van der Waals surface area contributed by atoms with Crippen molar-refractivity contribution in [3.05, 3.63) is 35.8 Å². The van der Waals surface area contributed by atoms with E-state index in [9.17, 15) is 0 Å². The topological polar surface area (TPSA) is 25.8 Å². The van der Waals surface area contributed by atoms with Crippen LogP contribution in [0.5, 0.6) is 0 Å². The lowest BCUT2D eigenvalue weighted by Crippen LogP contribution is -1.91. The summed E-state index contributed by atoms with van der Waals surface area (Å²) in [5.74, 6) is 1.04. The average molecular weight is 193 g/mol. The first-order chi connectivity index (χ1) is 6.29. The molecule has 13 heavy (non-hydrogen) atoms. The molecule has 0 saturated heterocycles. The second-order valence-corrected chi connectivity index (χ2v) is 3.25. The van der Waals surface area contributed by atoms with Crippen LogP contribution in [-0.2, 0) is 5.88 Å². The number of aromatic nitrogens is 2. The van der Waals surface area contributed by atoms with Crippen molar-refractivity contribution in [3.8, 4) is 0 Å². The van der Waals surface area contributed by atoms with E-state index >= 15 is 0 Å². The van der Waals surface area contributed by atoms with Gasteiger partial charge in [0.15, 0.2) is 0 Å². The zero-order chi connectivity index (χ0) is 9.26. The number of alkyl halides is 1. The highest BCUT2D eigenvalue weighted by molar-refractivity contribution is 6.16. The summed E-state index contributed by atoms with van der Waals surface area (Å²) in [6, 6.07) is 6.09. The van der Waals surface area contributed by atoms with Crippen LogP contribution >= 0.6 is 11.6 Å². The van der Waals surface area contributed by atoms with E-state index in [4.69, 9.17) is 11.6 Å². The fraction of sp³-hybridized carbons (Fsp3) is 0.200. The molecule has 1 aromatic carbocycles. The molecular formula is C10H9ClN2. The summed E-state index contributed by atoms with van der Waals surface area (Å²) in [4.78, 5) is 8.42. The Morgan fingerprint density at radius 1 is 1.38 bits per heavy atom. The van der Waals surface area contributed by atoms with Gasteiger partial charge in [0.05, 0.1) is 11.4 Å². The van der Waals surface area contributed by atoms with Crippen molar-refractivity contribution in [1.82, 2.24) is 9.97 Å². The number of fused-ring (bicyclic) bond motifs is 1. The zero-order valence-corrected chi connectivity index (χ0v) is 8.04. The van der Waals surface area contributed by atoms with E-state index in [0.29, 0.717) is 11.7 Å². The number of rotatable bonds is 1. The highest BCUT2D eigenvalue weighted by Gasteiger charge is 1.98. The molecule has 0 N–H and O–H groups in total. The molecule has 0 radical (unpaired) electrons. The van der Waals surface area contributed by atoms with E-state index in [1.165, 1.54) is 5.56 Å². The van der Waals surface area contributed by atoms with Gasteiger partial charge >= 0.3 is 0 Å². The minimum absolute atomic E-state index is 0.365. The monoisotopic (exact) mass is 192 g/mol.